The fourth-order valence-electron chi connectivity index (χ4n) is 3.52. The quantitative estimate of drug-likeness (QED) is 0.238. The molecule has 2 heterocycles. The molecule has 0 saturated carbocycles. The Hall–Kier alpha value is -1.49. The van der Waals surface area contributed by atoms with E-state index in [1.807, 2.05) is 42.4 Å². The van der Waals surface area contributed by atoms with Crippen molar-refractivity contribution in [3.8, 4) is 5.75 Å². The average Bonchev–Trinajstić information content (AvgIpc) is 3.36. The zero-order chi connectivity index (χ0) is 20.6. The minimum atomic E-state index is 0. The van der Waals surface area contributed by atoms with E-state index in [0.717, 1.165) is 61.6 Å². The van der Waals surface area contributed by atoms with E-state index in [9.17, 15) is 0 Å². The molecule has 0 aliphatic carbocycles. The molecule has 166 valence electrons. The minimum absolute atomic E-state index is 0. The fraction of sp³-hybridized carbons (Fsp3) is 0.571. The molecule has 0 bridgehead atoms. The molecule has 1 aliphatic rings. The smallest absolute Gasteiger partial charge is 0.194 e. The van der Waals surface area contributed by atoms with Gasteiger partial charge in [0.25, 0.3) is 0 Å². The van der Waals surface area contributed by atoms with Gasteiger partial charge in [-0.15, -0.1) is 34.2 Å². The summed E-state index contributed by atoms with van der Waals surface area (Å²) in [4.78, 5) is 7.26. The van der Waals surface area contributed by atoms with Gasteiger partial charge in [0, 0.05) is 32.6 Å². The second kappa shape index (κ2) is 12.4. The van der Waals surface area contributed by atoms with E-state index in [4.69, 9.17) is 9.73 Å². The van der Waals surface area contributed by atoms with Crippen molar-refractivity contribution < 1.29 is 4.74 Å². The van der Waals surface area contributed by atoms with Crippen molar-refractivity contribution in [1.82, 2.24) is 25.0 Å². The van der Waals surface area contributed by atoms with Crippen LogP contribution in [0.2, 0.25) is 0 Å². The number of likely N-dealkylation sites (tertiary alicyclic amines) is 1. The molecule has 1 fully saturated rings. The Bertz CT molecular complexity index is 810. The molecule has 1 aromatic heterocycles. The van der Waals surface area contributed by atoms with Crippen LogP contribution in [-0.4, -0.2) is 64.4 Å². The fourth-order valence-corrected chi connectivity index (χ4v) is 3.95. The van der Waals surface area contributed by atoms with Crippen LogP contribution < -0.4 is 10.1 Å². The zero-order valence-electron chi connectivity index (χ0n) is 18.3. The average molecular weight is 545 g/mol. The Morgan fingerprint density at radius 2 is 2.07 bits per heavy atom. The van der Waals surface area contributed by atoms with Gasteiger partial charge < -0.3 is 19.5 Å². The maximum atomic E-state index is 5.29. The van der Waals surface area contributed by atoms with E-state index in [1.165, 1.54) is 5.56 Å². The predicted octanol–water partition coefficient (Wildman–Crippen LogP) is 3.44. The summed E-state index contributed by atoms with van der Waals surface area (Å²) in [5, 5.41) is 12.0. The van der Waals surface area contributed by atoms with E-state index >= 15 is 0 Å². The molecule has 1 aromatic carbocycles. The van der Waals surface area contributed by atoms with Crippen LogP contribution >= 0.6 is 35.7 Å². The van der Waals surface area contributed by atoms with Crippen molar-refractivity contribution in [1.29, 1.82) is 0 Å². The van der Waals surface area contributed by atoms with Gasteiger partial charge in [0.2, 0.25) is 0 Å². The Morgan fingerprint density at radius 3 is 2.70 bits per heavy atom. The largest absolute Gasteiger partial charge is 0.497 e. The van der Waals surface area contributed by atoms with Gasteiger partial charge in [0.1, 0.15) is 18.1 Å². The Kier molecular flexibility index (Phi) is 10.2. The van der Waals surface area contributed by atoms with Crippen LogP contribution in [0.4, 0.5) is 0 Å². The number of nitrogens with one attached hydrogen (secondary N) is 1. The van der Waals surface area contributed by atoms with Gasteiger partial charge in [0.15, 0.2) is 11.8 Å². The monoisotopic (exact) mass is 544 g/mol. The normalized spacial score (nSPS) is 16.5. The number of methoxy groups -OCH3 is 1. The van der Waals surface area contributed by atoms with Crippen LogP contribution in [0.3, 0.4) is 0 Å². The lowest BCUT2D eigenvalue weighted by molar-refractivity contribution is 0.414. The van der Waals surface area contributed by atoms with Crippen LogP contribution in [0, 0.1) is 6.92 Å². The number of benzene rings is 1. The van der Waals surface area contributed by atoms with Crippen LogP contribution in [0.1, 0.15) is 36.0 Å². The highest BCUT2D eigenvalue weighted by molar-refractivity contribution is 14.0. The molecule has 1 aliphatic heterocycles. The molecule has 30 heavy (non-hydrogen) atoms. The lowest BCUT2D eigenvalue weighted by Gasteiger charge is -2.22. The van der Waals surface area contributed by atoms with Gasteiger partial charge in [-0.1, -0.05) is 12.1 Å². The molecule has 1 atom stereocenters. The first kappa shape index (κ1) is 24.8. The Morgan fingerprint density at radius 1 is 1.30 bits per heavy atom. The van der Waals surface area contributed by atoms with E-state index in [1.54, 1.807) is 7.11 Å². The molecule has 7 nitrogen and oxygen atoms in total. The molecule has 0 radical (unpaired) electrons. The van der Waals surface area contributed by atoms with Gasteiger partial charge in [-0.05, 0) is 49.5 Å². The van der Waals surface area contributed by atoms with Crippen LogP contribution in [0.5, 0.6) is 5.75 Å². The predicted molar refractivity (Wildman–Crippen MR) is 135 cm³/mol. The molecule has 0 amide bonds. The highest BCUT2D eigenvalue weighted by atomic mass is 127. The number of aromatic nitrogens is 3. The summed E-state index contributed by atoms with van der Waals surface area (Å²) in [6.07, 6.45) is 4.39. The van der Waals surface area contributed by atoms with Crippen molar-refractivity contribution in [3.63, 3.8) is 0 Å². The molecule has 0 spiro atoms. The first-order valence-electron chi connectivity index (χ1n) is 10.1. The summed E-state index contributed by atoms with van der Waals surface area (Å²) in [6, 6.07) is 8.45. The standard InChI is InChI=1S/C21H32N6OS.HI/c1-16-24-25-20(26(16)2)14-23-21(22-11-5-13-29-4)27-12-10-18(15-27)17-6-8-19(28-3)9-7-17;/h6-9,18H,5,10-15H2,1-4H3,(H,22,23);1H. The summed E-state index contributed by atoms with van der Waals surface area (Å²) < 4.78 is 7.29. The van der Waals surface area contributed by atoms with Gasteiger partial charge >= 0.3 is 0 Å². The summed E-state index contributed by atoms with van der Waals surface area (Å²) in [5.74, 6) is 5.33. The van der Waals surface area contributed by atoms with Crippen LogP contribution in [-0.2, 0) is 13.6 Å². The van der Waals surface area contributed by atoms with Gasteiger partial charge in [-0.25, -0.2) is 4.99 Å². The molecule has 9 heteroatoms. The molecular weight excluding hydrogens is 511 g/mol. The lowest BCUT2D eigenvalue weighted by Crippen LogP contribution is -2.40. The third kappa shape index (κ3) is 6.50. The second-order valence-electron chi connectivity index (χ2n) is 7.34. The lowest BCUT2D eigenvalue weighted by atomic mass is 9.98. The minimum Gasteiger partial charge on any atom is -0.497 e. The van der Waals surface area contributed by atoms with E-state index < -0.39 is 0 Å². The Labute approximate surface area is 201 Å². The van der Waals surface area contributed by atoms with Crippen molar-refractivity contribution in [3.05, 3.63) is 41.5 Å². The number of ether oxygens (including phenoxy) is 1. The molecule has 1 saturated heterocycles. The molecule has 1 N–H and O–H groups in total. The number of halogens is 1. The van der Waals surface area contributed by atoms with E-state index in [0.29, 0.717) is 12.5 Å². The van der Waals surface area contributed by atoms with Crippen molar-refractivity contribution in [2.75, 3.05) is 38.8 Å². The number of rotatable bonds is 8. The van der Waals surface area contributed by atoms with Crippen LogP contribution in [0.25, 0.3) is 0 Å². The summed E-state index contributed by atoms with van der Waals surface area (Å²) >= 11 is 1.88. The maximum absolute atomic E-state index is 5.29. The zero-order valence-corrected chi connectivity index (χ0v) is 21.4. The molecule has 3 rings (SSSR count). The van der Waals surface area contributed by atoms with Crippen LogP contribution in [0.15, 0.2) is 29.3 Å². The first-order valence-corrected chi connectivity index (χ1v) is 11.5. The summed E-state index contributed by atoms with van der Waals surface area (Å²) in [6.45, 7) is 5.40. The van der Waals surface area contributed by atoms with Gasteiger partial charge in [0.05, 0.1) is 7.11 Å². The molecule has 2 aromatic rings. The SMILES string of the molecule is COc1ccc(C2CCN(C(=NCc3nnc(C)n3C)NCCCSC)C2)cc1.I. The number of hydrogen-bond acceptors (Lipinski definition) is 5. The topological polar surface area (TPSA) is 67.6 Å². The third-order valence-electron chi connectivity index (χ3n) is 5.44. The number of guanidine groups is 1. The number of aliphatic imine (C=N–C) groups is 1. The third-order valence-corrected chi connectivity index (χ3v) is 6.13. The summed E-state index contributed by atoms with van der Waals surface area (Å²) in [5.41, 5.74) is 1.36. The number of hydrogen-bond donors (Lipinski definition) is 1. The highest BCUT2D eigenvalue weighted by Gasteiger charge is 2.26. The first-order chi connectivity index (χ1) is 14.1. The van der Waals surface area contributed by atoms with Gasteiger partial charge in [-0.2, -0.15) is 11.8 Å². The van der Waals surface area contributed by atoms with E-state index in [-0.39, 0.29) is 24.0 Å². The second-order valence-corrected chi connectivity index (χ2v) is 8.33. The van der Waals surface area contributed by atoms with Crippen molar-refractivity contribution in [2.45, 2.75) is 32.2 Å². The highest BCUT2D eigenvalue weighted by Crippen LogP contribution is 2.28. The molecular formula is C21H33IN6OS. The van der Waals surface area contributed by atoms with Gasteiger partial charge in [-0.3, -0.25) is 0 Å². The number of thioether (sulfide) groups is 1. The summed E-state index contributed by atoms with van der Waals surface area (Å²) in [7, 11) is 3.69. The number of aryl methyl sites for hydroxylation is 1. The molecule has 1 unspecified atom stereocenters. The van der Waals surface area contributed by atoms with E-state index in [2.05, 4.69) is 38.8 Å². The van der Waals surface area contributed by atoms with Crippen molar-refractivity contribution >= 4 is 41.7 Å². The Balaban J connectivity index is 0.00000320. The maximum Gasteiger partial charge on any atom is 0.194 e. The van der Waals surface area contributed by atoms with Crippen molar-refractivity contribution in [2.24, 2.45) is 12.0 Å². The number of nitrogens with zero attached hydrogens (tertiary/aromatic N) is 5.